The van der Waals surface area contributed by atoms with Gasteiger partial charge in [0.25, 0.3) is 0 Å². The summed E-state index contributed by atoms with van der Waals surface area (Å²) in [6.07, 6.45) is 5.62. The second-order valence-corrected chi connectivity index (χ2v) is 7.14. The minimum Gasteiger partial charge on any atom is -0.486 e. The Bertz CT molecular complexity index is 740. The van der Waals surface area contributed by atoms with Crippen LogP contribution in [-0.4, -0.2) is 44.2 Å². The zero-order chi connectivity index (χ0) is 19.9. The topological polar surface area (TPSA) is 87.6 Å². The lowest BCUT2D eigenvalue weighted by molar-refractivity contribution is 0.0641. The average Bonchev–Trinajstić information content (AvgIpc) is 2.73. The molecule has 7 heteroatoms. The molecule has 2 aromatic rings. The van der Waals surface area contributed by atoms with Gasteiger partial charge >= 0.3 is 6.09 Å². The van der Waals surface area contributed by atoms with Crippen molar-refractivity contribution in [2.24, 2.45) is 0 Å². The van der Waals surface area contributed by atoms with E-state index in [1.165, 1.54) is 0 Å². The van der Waals surface area contributed by atoms with Gasteiger partial charge in [-0.3, -0.25) is 0 Å². The molecule has 0 bridgehead atoms. The lowest BCUT2D eigenvalue weighted by Gasteiger charge is -2.43. The van der Waals surface area contributed by atoms with E-state index in [-0.39, 0.29) is 18.1 Å². The van der Waals surface area contributed by atoms with Crippen LogP contribution in [-0.2, 0) is 6.61 Å². The van der Waals surface area contributed by atoms with Crippen molar-refractivity contribution >= 4 is 12.0 Å². The number of amides is 1. The molecule has 1 aliphatic heterocycles. The maximum Gasteiger partial charge on any atom is 0.407 e. The van der Waals surface area contributed by atoms with Crippen molar-refractivity contribution in [2.75, 3.05) is 5.32 Å². The SMILES string of the molecule is CCC1CC(Nc2ncc(OCc3ccccc3)cn2)CC(CC)N1C(=O)O. The number of carboxylic acid groups (broad SMARTS) is 1. The van der Waals surface area contributed by atoms with E-state index >= 15 is 0 Å². The van der Waals surface area contributed by atoms with E-state index in [2.05, 4.69) is 15.3 Å². The molecule has 0 saturated carbocycles. The predicted molar refractivity (Wildman–Crippen MR) is 107 cm³/mol. The number of anilines is 1. The second kappa shape index (κ2) is 9.39. The first-order chi connectivity index (χ1) is 13.6. The number of nitrogens with one attached hydrogen (secondary N) is 1. The molecule has 28 heavy (non-hydrogen) atoms. The number of hydrogen-bond acceptors (Lipinski definition) is 5. The van der Waals surface area contributed by atoms with Gasteiger partial charge < -0.3 is 20.1 Å². The van der Waals surface area contributed by atoms with Crippen LogP contribution in [0.2, 0.25) is 0 Å². The number of carbonyl (C=O) groups is 1. The Morgan fingerprint density at radius 1 is 1.14 bits per heavy atom. The number of likely N-dealkylation sites (tertiary alicyclic amines) is 1. The van der Waals surface area contributed by atoms with Crippen LogP contribution in [0.15, 0.2) is 42.7 Å². The molecule has 0 spiro atoms. The van der Waals surface area contributed by atoms with Crippen LogP contribution < -0.4 is 10.1 Å². The van der Waals surface area contributed by atoms with Crippen molar-refractivity contribution in [3.8, 4) is 5.75 Å². The van der Waals surface area contributed by atoms with Gasteiger partial charge in [-0.15, -0.1) is 0 Å². The largest absolute Gasteiger partial charge is 0.486 e. The summed E-state index contributed by atoms with van der Waals surface area (Å²) in [4.78, 5) is 22.0. The Morgan fingerprint density at radius 2 is 1.75 bits per heavy atom. The van der Waals surface area contributed by atoms with Crippen LogP contribution in [0.5, 0.6) is 5.75 Å². The third kappa shape index (κ3) is 4.91. The van der Waals surface area contributed by atoms with Crippen molar-refractivity contribution in [3.05, 3.63) is 48.3 Å². The van der Waals surface area contributed by atoms with Gasteiger partial charge in [-0.1, -0.05) is 44.2 Å². The van der Waals surface area contributed by atoms with Crippen LogP contribution in [0.4, 0.5) is 10.7 Å². The third-order valence-electron chi connectivity index (χ3n) is 5.27. The first-order valence-corrected chi connectivity index (χ1v) is 9.87. The minimum atomic E-state index is -0.826. The molecule has 1 saturated heterocycles. The summed E-state index contributed by atoms with van der Waals surface area (Å²) < 4.78 is 5.72. The van der Waals surface area contributed by atoms with Crippen molar-refractivity contribution < 1.29 is 14.6 Å². The third-order valence-corrected chi connectivity index (χ3v) is 5.27. The summed E-state index contributed by atoms with van der Waals surface area (Å²) in [5, 5.41) is 12.9. The molecule has 2 unspecified atom stereocenters. The molecule has 1 fully saturated rings. The molecule has 2 N–H and O–H groups in total. The Balaban J connectivity index is 1.58. The average molecular weight is 384 g/mol. The van der Waals surface area contributed by atoms with Crippen molar-refractivity contribution in [1.29, 1.82) is 0 Å². The number of ether oxygens (including phenoxy) is 1. The van der Waals surface area contributed by atoms with Crippen LogP contribution in [0, 0.1) is 0 Å². The normalized spacial score (nSPS) is 21.9. The zero-order valence-electron chi connectivity index (χ0n) is 16.4. The summed E-state index contributed by atoms with van der Waals surface area (Å²) in [6, 6.07) is 10.1. The second-order valence-electron chi connectivity index (χ2n) is 7.14. The summed E-state index contributed by atoms with van der Waals surface area (Å²) in [6.45, 7) is 4.54. The molecule has 7 nitrogen and oxygen atoms in total. The fourth-order valence-electron chi connectivity index (χ4n) is 3.82. The molecule has 1 aromatic carbocycles. The van der Waals surface area contributed by atoms with Gasteiger partial charge in [-0.05, 0) is 31.2 Å². The minimum absolute atomic E-state index is 0.0159. The van der Waals surface area contributed by atoms with Gasteiger partial charge in [0.05, 0.1) is 12.4 Å². The lowest BCUT2D eigenvalue weighted by Crippen LogP contribution is -2.54. The fraction of sp³-hybridized carbons (Fsp3) is 0.476. The number of nitrogens with zero attached hydrogens (tertiary/aromatic N) is 3. The van der Waals surface area contributed by atoms with E-state index in [4.69, 9.17) is 4.74 Å². The van der Waals surface area contributed by atoms with Crippen molar-refractivity contribution in [1.82, 2.24) is 14.9 Å². The zero-order valence-corrected chi connectivity index (χ0v) is 16.4. The van der Waals surface area contributed by atoms with E-state index in [0.29, 0.717) is 18.3 Å². The number of hydrogen-bond donors (Lipinski definition) is 2. The molecular weight excluding hydrogens is 356 g/mol. The Kier molecular flexibility index (Phi) is 6.68. The molecule has 1 amide bonds. The van der Waals surface area contributed by atoms with E-state index < -0.39 is 6.09 Å². The molecule has 2 heterocycles. The van der Waals surface area contributed by atoms with Gasteiger partial charge in [-0.25, -0.2) is 14.8 Å². The van der Waals surface area contributed by atoms with Crippen molar-refractivity contribution in [3.63, 3.8) is 0 Å². The fourth-order valence-corrected chi connectivity index (χ4v) is 3.82. The van der Waals surface area contributed by atoms with E-state index in [0.717, 1.165) is 31.2 Å². The maximum atomic E-state index is 11.6. The molecule has 0 aliphatic carbocycles. The molecular formula is C21H28N4O3. The van der Waals surface area contributed by atoms with Gasteiger partial charge in [0.1, 0.15) is 6.61 Å². The number of benzene rings is 1. The first kappa shape index (κ1) is 19.9. The van der Waals surface area contributed by atoms with Gasteiger partial charge in [0.15, 0.2) is 5.75 Å². The lowest BCUT2D eigenvalue weighted by atomic mass is 9.89. The predicted octanol–water partition coefficient (Wildman–Crippen LogP) is 4.17. The molecule has 2 atom stereocenters. The quantitative estimate of drug-likeness (QED) is 0.745. The standard InChI is InChI=1S/C21H28N4O3/c1-3-17-10-16(11-18(4-2)25(17)21(26)27)24-20-22-12-19(13-23-20)28-14-15-8-6-5-7-9-15/h5-9,12-13,16-18H,3-4,10-11,14H2,1-2H3,(H,26,27)(H,22,23,24). The van der Waals surface area contributed by atoms with Crippen LogP contribution in [0.3, 0.4) is 0 Å². The molecule has 150 valence electrons. The molecule has 1 aliphatic rings. The highest BCUT2D eigenvalue weighted by Crippen LogP contribution is 2.29. The van der Waals surface area contributed by atoms with E-state index in [1.807, 2.05) is 44.2 Å². The Hall–Kier alpha value is -2.83. The highest BCUT2D eigenvalue weighted by Gasteiger charge is 2.37. The Morgan fingerprint density at radius 3 is 2.29 bits per heavy atom. The first-order valence-electron chi connectivity index (χ1n) is 9.87. The van der Waals surface area contributed by atoms with Gasteiger partial charge in [0, 0.05) is 18.1 Å². The van der Waals surface area contributed by atoms with Crippen LogP contribution in [0.25, 0.3) is 0 Å². The maximum absolute atomic E-state index is 11.6. The summed E-state index contributed by atoms with van der Waals surface area (Å²) in [5.41, 5.74) is 1.09. The monoisotopic (exact) mass is 384 g/mol. The number of aromatic nitrogens is 2. The van der Waals surface area contributed by atoms with Crippen LogP contribution >= 0.6 is 0 Å². The summed E-state index contributed by atoms with van der Waals surface area (Å²) in [5.74, 6) is 1.17. The molecule has 3 rings (SSSR count). The van der Waals surface area contributed by atoms with Crippen molar-refractivity contribution in [2.45, 2.75) is 64.3 Å². The molecule has 0 radical (unpaired) electrons. The smallest absolute Gasteiger partial charge is 0.407 e. The summed E-state index contributed by atoms with van der Waals surface area (Å²) >= 11 is 0. The van der Waals surface area contributed by atoms with E-state index in [9.17, 15) is 9.90 Å². The van der Waals surface area contributed by atoms with E-state index in [1.54, 1.807) is 17.3 Å². The highest BCUT2D eigenvalue weighted by atomic mass is 16.5. The highest BCUT2D eigenvalue weighted by molar-refractivity contribution is 5.66. The van der Waals surface area contributed by atoms with Gasteiger partial charge in [-0.2, -0.15) is 0 Å². The molecule has 1 aromatic heterocycles. The van der Waals surface area contributed by atoms with Crippen LogP contribution in [0.1, 0.15) is 45.1 Å². The Labute approximate surface area is 165 Å². The summed E-state index contributed by atoms with van der Waals surface area (Å²) in [7, 11) is 0. The van der Waals surface area contributed by atoms with Gasteiger partial charge in [0.2, 0.25) is 5.95 Å². The number of rotatable bonds is 7. The number of piperidine rings is 1.